The number of carboxylic acid groups (broad SMARTS) is 1. The van der Waals surface area contributed by atoms with Crippen LogP contribution in [0.1, 0.15) is 64.8 Å². The Morgan fingerprint density at radius 1 is 1.21 bits per heavy atom. The van der Waals surface area contributed by atoms with Crippen LogP contribution in [-0.4, -0.2) is 26.8 Å². The number of amides is 1. The molecule has 128 valence electrons. The lowest BCUT2D eigenvalue weighted by Gasteiger charge is -2.14. The summed E-state index contributed by atoms with van der Waals surface area (Å²) < 4.78 is 1.90. The van der Waals surface area contributed by atoms with E-state index in [0.29, 0.717) is 16.9 Å². The number of carboxylic acids is 1. The molecule has 2 N–H and O–H groups in total. The summed E-state index contributed by atoms with van der Waals surface area (Å²) in [5.74, 6) is -1.28. The minimum absolute atomic E-state index is 0.224. The molecule has 0 aliphatic heterocycles. The molecule has 0 saturated heterocycles. The average molecular weight is 329 g/mol. The summed E-state index contributed by atoms with van der Waals surface area (Å²) >= 11 is 0. The monoisotopic (exact) mass is 329 g/mol. The Hall–Kier alpha value is -2.63. The van der Waals surface area contributed by atoms with E-state index < -0.39 is 5.97 Å². The minimum Gasteiger partial charge on any atom is -0.478 e. The maximum Gasteiger partial charge on any atom is 0.335 e. The maximum absolute atomic E-state index is 12.4. The number of nitrogens with zero attached hydrogens (tertiary/aromatic N) is 2. The first-order valence-corrected chi connectivity index (χ1v) is 8.08. The molecule has 0 spiro atoms. The number of aryl methyl sites for hydroxylation is 2. The highest BCUT2D eigenvalue weighted by Crippen LogP contribution is 2.19. The average Bonchev–Trinajstić information content (AvgIpc) is 2.90. The molecule has 0 aliphatic rings. The summed E-state index contributed by atoms with van der Waals surface area (Å²) in [4.78, 5) is 23.4. The minimum atomic E-state index is -0.982. The first-order chi connectivity index (χ1) is 11.4. The maximum atomic E-state index is 12.4. The predicted molar refractivity (Wildman–Crippen MR) is 92.7 cm³/mol. The van der Waals surface area contributed by atoms with Gasteiger partial charge in [0.1, 0.15) is 0 Å². The van der Waals surface area contributed by atoms with E-state index in [0.717, 1.165) is 18.5 Å². The van der Waals surface area contributed by atoms with Crippen LogP contribution in [0.15, 0.2) is 24.3 Å². The molecule has 1 aromatic heterocycles. The van der Waals surface area contributed by atoms with E-state index in [1.807, 2.05) is 11.6 Å². The first kappa shape index (κ1) is 17.7. The molecule has 0 fully saturated rings. The van der Waals surface area contributed by atoms with Crippen molar-refractivity contribution < 1.29 is 14.7 Å². The number of rotatable bonds is 6. The molecular weight excluding hydrogens is 306 g/mol. The van der Waals surface area contributed by atoms with E-state index in [4.69, 9.17) is 5.11 Å². The molecule has 1 amide bonds. The van der Waals surface area contributed by atoms with Gasteiger partial charge in [-0.25, -0.2) is 4.79 Å². The molecule has 24 heavy (non-hydrogen) atoms. The zero-order valence-corrected chi connectivity index (χ0v) is 14.5. The summed E-state index contributed by atoms with van der Waals surface area (Å²) in [5.41, 5.74) is 2.68. The molecule has 2 aromatic rings. The van der Waals surface area contributed by atoms with Crippen molar-refractivity contribution in [3.63, 3.8) is 0 Å². The Bertz CT molecular complexity index is 761. The van der Waals surface area contributed by atoms with Crippen LogP contribution in [0.25, 0.3) is 0 Å². The molecule has 2 rings (SSSR count). The number of hydrogen-bond acceptors (Lipinski definition) is 3. The van der Waals surface area contributed by atoms with Crippen LogP contribution >= 0.6 is 0 Å². The van der Waals surface area contributed by atoms with Gasteiger partial charge in [0.05, 0.1) is 11.6 Å². The highest BCUT2D eigenvalue weighted by atomic mass is 16.4. The second-order valence-electron chi connectivity index (χ2n) is 5.87. The molecule has 0 aliphatic carbocycles. The van der Waals surface area contributed by atoms with Crippen molar-refractivity contribution in [3.8, 4) is 0 Å². The van der Waals surface area contributed by atoms with E-state index >= 15 is 0 Å². The van der Waals surface area contributed by atoms with Crippen molar-refractivity contribution >= 4 is 17.6 Å². The number of carbonyl (C=O) groups excluding carboxylic acids is 1. The van der Waals surface area contributed by atoms with Gasteiger partial charge in [-0.3, -0.25) is 9.48 Å². The molecule has 1 heterocycles. The Morgan fingerprint density at radius 2 is 1.88 bits per heavy atom. The Morgan fingerprint density at radius 3 is 2.42 bits per heavy atom. The van der Waals surface area contributed by atoms with Crippen molar-refractivity contribution in [2.24, 2.45) is 0 Å². The number of aromatic nitrogens is 2. The van der Waals surface area contributed by atoms with Gasteiger partial charge >= 0.3 is 5.97 Å². The van der Waals surface area contributed by atoms with Crippen molar-refractivity contribution in [2.75, 3.05) is 5.32 Å². The third kappa shape index (κ3) is 3.64. The molecule has 0 radical (unpaired) electrons. The molecule has 0 bridgehead atoms. The van der Waals surface area contributed by atoms with Crippen LogP contribution in [0.5, 0.6) is 0 Å². The smallest absolute Gasteiger partial charge is 0.335 e. The fourth-order valence-electron chi connectivity index (χ4n) is 2.78. The number of aromatic carboxylic acids is 1. The van der Waals surface area contributed by atoms with Crippen molar-refractivity contribution in [1.82, 2.24) is 9.78 Å². The van der Waals surface area contributed by atoms with Gasteiger partial charge in [0.15, 0.2) is 5.69 Å². The van der Waals surface area contributed by atoms with Gasteiger partial charge < -0.3 is 10.4 Å². The number of nitrogens with one attached hydrogen (secondary N) is 1. The van der Waals surface area contributed by atoms with Crippen LogP contribution in [0.3, 0.4) is 0 Å². The summed E-state index contributed by atoms with van der Waals surface area (Å²) in [6, 6.07) is 6.77. The Labute approximate surface area is 141 Å². The Balaban J connectivity index is 2.20. The van der Waals surface area contributed by atoms with Crippen LogP contribution in [0, 0.1) is 13.8 Å². The second-order valence-corrected chi connectivity index (χ2v) is 5.87. The molecule has 1 aromatic carbocycles. The van der Waals surface area contributed by atoms with Gasteiger partial charge in [-0.15, -0.1) is 0 Å². The van der Waals surface area contributed by atoms with E-state index in [-0.39, 0.29) is 17.5 Å². The number of carbonyl (C=O) groups is 2. The third-order valence-electron chi connectivity index (χ3n) is 4.16. The molecular formula is C18H23N3O3. The van der Waals surface area contributed by atoms with E-state index in [9.17, 15) is 9.59 Å². The number of hydrogen-bond donors (Lipinski definition) is 2. The van der Waals surface area contributed by atoms with E-state index in [1.165, 1.54) is 6.07 Å². The molecule has 0 unspecified atom stereocenters. The topological polar surface area (TPSA) is 84.2 Å². The highest BCUT2D eigenvalue weighted by molar-refractivity contribution is 6.03. The number of anilines is 1. The summed E-state index contributed by atoms with van der Waals surface area (Å²) in [7, 11) is 0. The lowest BCUT2D eigenvalue weighted by Crippen LogP contribution is -2.15. The SMILES string of the molecule is CCC(CC)n1nc(C(=O)Nc2ccc(C(=O)O)c(C)c2)cc1C. The van der Waals surface area contributed by atoms with Crippen LogP contribution in [-0.2, 0) is 0 Å². The standard InChI is InChI=1S/C18H23N3O3/c1-5-14(6-2)21-12(4)10-16(20-21)17(22)19-13-7-8-15(18(23)24)11(3)9-13/h7-10,14H,5-6H2,1-4H3,(H,19,22)(H,23,24). The fourth-order valence-corrected chi connectivity index (χ4v) is 2.78. The van der Waals surface area contributed by atoms with Gasteiger partial charge in [0.25, 0.3) is 5.91 Å². The van der Waals surface area contributed by atoms with Gasteiger partial charge in [0.2, 0.25) is 0 Å². The van der Waals surface area contributed by atoms with Crippen LogP contribution in [0.2, 0.25) is 0 Å². The van der Waals surface area contributed by atoms with E-state index in [1.54, 1.807) is 25.1 Å². The largest absolute Gasteiger partial charge is 0.478 e. The van der Waals surface area contributed by atoms with Crippen molar-refractivity contribution in [2.45, 2.75) is 46.6 Å². The quantitative estimate of drug-likeness (QED) is 0.844. The normalized spacial score (nSPS) is 10.9. The van der Waals surface area contributed by atoms with Crippen LogP contribution in [0.4, 0.5) is 5.69 Å². The molecule has 0 saturated carbocycles. The summed E-state index contributed by atoms with van der Waals surface area (Å²) in [6.07, 6.45) is 1.91. The zero-order valence-electron chi connectivity index (χ0n) is 14.5. The van der Waals surface area contributed by atoms with Gasteiger partial charge in [0, 0.05) is 11.4 Å². The predicted octanol–water partition coefficient (Wildman–Crippen LogP) is 3.81. The highest BCUT2D eigenvalue weighted by Gasteiger charge is 2.17. The van der Waals surface area contributed by atoms with Gasteiger partial charge in [-0.2, -0.15) is 5.10 Å². The van der Waals surface area contributed by atoms with Crippen molar-refractivity contribution in [1.29, 1.82) is 0 Å². The lowest BCUT2D eigenvalue weighted by atomic mass is 10.1. The summed E-state index contributed by atoms with van der Waals surface area (Å²) in [6.45, 7) is 7.84. The van der Waals surface area contributed by atoms with Gasteiger partial charge in [-0.05, 0) is 56.5 Å². The lowest BCUT2D eigenvalue weighted by molar-refractivity contribution is 0.0696. The molecule has 0 atom stereocenters. The summed E-state index contributed by atoms with van der Waals surface area (Å²) in [5, 5.41) is 16.2. The molecule has 6 nitrogen and oxygen atoms in total. The second kappa shape index (κ2) is 7.29. The molecule has 6 heteroatoms. The third-order valence-corrected chi connectivity index (χ3v) is 4.16. The fraction of sp³-hybridized carbons (Fsp3) is 0.389. The van der Waals surface area contributed by atoms with Gasteiger partial charge in [-0.1, -0.05) is 13.8 Å². The number of benzene rings is 1. The van der Waals surface area contributed by atoms with E-state index in [2.05, 4.69) is 24.3 Å². The Kier molecular flexibility index (Phi) is 5.39. The zero-order chi connectivity index (χ0) is 17.9. The van der Waals surface area contributed by atoms with Crippen LogP contribution < -0.4 is 5.32 Å². The first-order valence-electron chi connectivity index (χ1n) is 8.08. The van der Waals surface area contributed by atoms with Crippen molar-refractivity contribution in [3.05, 3.63) is 46.8 Å².